The van der Waals surface area contributed by atoms with E-state index in [0.29, 0.717) is 0 Å². The van der Waals surface area contributed by atoms with Gasteiger partial charge in [-0.05, 0) is 37.5 Å². The fourth-order valence-corrected chi connectivity index (χ4v) is 1.89. The van der Waals surface area contributed by atoms with Crippen molar-refractivity contribution in [1.29, 1.82) is 0 Å². The van der Waals surface area contributed by atoms with Crippen LogP contribution in [0.1, 0.15) is 38.7 Å². The molecule has 1 rings (SSSR count). The Hall–Kier alpha value is -1.39. The lowest BCUT2D eigenvalue weighted by molar-refractivity contribution is -0.119. The van der Waals surface area contributed by atoms with Crippen LogP contribution in [0.4, 0.5) is 5.69 Å². The summed E-state index contributed by atoms with van der Waals surface area (Å²) < 4.78 is 0. The largest absolute Gasteiger partial charge is 0.392 e. The molecule has 0 aliphatic rings. The first-order valence-corrected chi connectivity index (χ1v) is 6.79. The highest BCUT2D eigenvalue weighted by atomic mass is 16.3. The van der Waals surface area contributed by atoms with Gasteiger partial charge in [-0.3, -0.25) is 4.79 Å². The number of anilines is 1. The minimum absolute atomic E-state index is 0.0137. The van der Waals surface area contributed by atoms with Gasteiger partial charge >= 0.3 is 0 Å². The van der Waals surface area contributed by atoms with Gasteiger partial charge in [0.05, 0.1) is 6.61 Å². The predicted octanol–water partition coefficient (Wildman–Crippen LogP) is 2.27. The van der Waals surface area contributed by atoms with E-state index in [0.717, 1.165) is 30.5 Å². The molecule has 1 aromatic rings. The minimum Gasteiger partial charge on any atom is -0.392 e. The molecule has 0 fully saturated rings. The maximum Gasteiger partial charge on any atom is 0.227 e. The number of nitrogens with two attached hydrogens (primary N) is 1. The second-order valence-electron chi connectivity index (χ2n) is 5.16. The van der Waals surface area contributed by atoms with Gasteiger partial charge in [0.15, 0.2) is 0 Å². The average molecular weight is 264 g/mol. The summed E-state index contributed by atoms with van der Waals surface area (Å²) in [5.41, 5.74) is 7.21. The van der Waals surface area contributed by atoms with Crippen molar-refractivity contribution in [3.05, 3.63) is 29.8 Å². The van der Waals surface area contributed by atoms with Crippen molar-refractivity contribution >= 4 is 11.6 Å². The predicted molar refractivity (Wildman–Crippen MR) is 77.7 cm³/mol. The highest BCUT2D eigenvalue weighted by Gasteiger charge is 2.13. The van der Waals surface area contributed by atoms with Gasteiger partial charge in [0.2, 0.25) is 5.91 Å². The summed E-state index contributed by atoms with van der Waals surface area (Å²) in [5.74, 6) is -0.0173. The maximum absolute atomic E-state index is 12.0. The van der Waals surface area contributed by atoms with Gasteiger partial charge in [-0.1, -0.05) is 25.5 Å². The lowest BCUT2D eigenvalue weighted by Gasteiger charge is -2.13. The second kappa shape index (κ2) is 7.92. The zero-order valence-electron chi connectivity index (χ0n) is 11.7. The van der Waals surface area contributed by atoms with Crippen LogP contribution in [0, 0.1) is 5.92 Å². The van der Waals surface area contributed by atoms with Crippen LogP contribution in [0.15, 0.2) is 24.3 Å². The summed E-state index contributed by atoms with van der Waals surface area (Å²) in [5, 5.41) is 11.9. The number of hydrogen-bond donors (Lipinski definition) is 3. The molecular weight excluding hydrogens is 240 g/mol. The van der Waals surface area contributed by atoms with Crippen molar-refractivity contribution < 1.29 is 9.90 Å². The Morgan fingerprint density at radius 1 is 1.37 bits per heavy atom. The van der Waals surface area contributed by atoms with E-state index in [-0.39, 0.29) is 24.5 Å². The van der Waals surface area contributed by atoms with E-state index < -0.39 is 0 Å². The van der Waals surface area contributed by atoms with Crippen LogP contribution in [-0.4, -0.2) is 17.1 Å². The molecule has 4 heteroatoms. The number of amides is 1. The van der Waals surface area contributed by atoms with Crippen LogP contribution in [0.25, 0.3) is 0 Å². The molecule has 0 bridgehead atoms. The highest BCUT2D eigenvalue weighted by molar-refractivity contribution is 5.92. The molecule has 4 N–H and O–H groups in total. The number of hydrogen-bond acceptors (Lipinski definition) is 3. The molecule has 4 nitrogen and oxygen atoms in total. The fraction of sp³-hybridized carbons (Fsp3) is 0.533. The van der Waals surface area contributed by atoms with E-state index in [1.54, 1.807) is 6.07 Å². The average Bonchev–Trinajstić information content (AvgIpc) is 2.38. The number of aliphatic hydroxyl groups excluding tert-OH is 1. The molecule has 0 aliphatic heterocycles. The summed E-state index contributed by atoms with van der Waals surface area (Å²) in [6, 6.07) is 7.44. The lowest BCUT2D eigenvalue weighted by atomic mass is 10.0. The van der Waals surface area contributed by atoms with Crippen molar-refractivity contribution in [2.24, 2.45) is 11.7 Å². The van der Waals surface area contributed by atoms with Crippen LogP contribution in [0.3, 0.4) is 0 Å². The molecule has 0 aliphatic carbocycles. The van der Waals surface area contributed by atoms with E-state index in [1.165, 1.54) is 0 Å². The van der Waals surface area contributed by atoms with E-state index in [9.17, 15) is 4.79 Å². The standard InChI is InChI=1S/C15H24N2O2/c1-11(5-3-6-12(2)16)15(19)17-14-8-4-7-13(9-14)10-18/h4,7-9,11-12,18H,3,5-6,10,16H2,1-2H3,(H,17,19). The number of aliphatic hydroxyl groups is 1. The number of carbonyl (C=O) groups is 1. The minimum atomic E-state index is -0.0310. The Morgan fingerprint density at radius 2 is 2.11 bits per heavy atom. The third-order valence-electron chi connectivity index (χ3n) is 3.12. The van der Waals surface area contributed by atoms with Crippen molar-refractivity contribution in [2.45, 2.75) is 45.8 Å². The summed E-state index contributed by atoms with van der Waals surface area (Å²) >= 11 is 0. The van der Waals surface area contributed by atoms with Crippen molar-refractivity contribution in [3.8, 4) is 0 Å². The van der Waals surface area contributed by atoms with Crippen molar-refractivity contribution in [2.75, 3.05) is 5.32 Å². The highest BCUT2D eigenvalue weighted by Crippen LogP contribution is 2.15. The zero-order valence-corrected chi connectivity index (χ0v) is 11.7. The van der Waals surface area contributed by atoms with Gasteiger partial charge in [0, 0.05) is 17.6 Å². The van der Waals surface area contributed by atoms with Crippen molar-refractivity contribution in [3.63, 3.8) is 0 Å². The zero-order chi connectivity index (χ0) is 14.3. The first-order valence-electron chi connectivity index (χ1n) is 6.79. The molecule has 1 amide bonds. The van der Waals surface area contributed by atoms with E-state index >= 15 is 0 Å². The second-order valence-corrected chi connectivity index (χ2v) is 5.16. The Bertz CT molecular complexity index is 405. The van der Waals surface area contributed by atoms with Crippen LogP contribution < -0.4 is 11.1 Å². The van der Waals surface area contributed by atoms with Gasteiger partial charge in [-0.15, -0.1) is 0 Å². The Labute approximate surface area is 115 Å². The molecule has 0 saturated carbocycles. The molecule has 0 saturated heterocycles. The van der Waals surface area contributed by atoms with Gasteiger partial charge in [-0.25, -0.2) is 0 Å². The van der Waals surface area contributed by atoms with E-state index in [1.807, 2.05) is 32.0 Å². The molecule has 1 aromatic carbocycles. The molecule has 2 unspecified atom stereocenters. The van der Waals surface area contributed by atoms with Gasteiger partial charge < -0.3 is 16.2 Å². The maximum atomic E-state index is 12.0. The normalized spacial score (nSPS) is 13.9. The lowest BCUT2D eigenvalue weighted by Crippen LogP contribution is -2.21. The first-order chi connectivity index (χ1) is 9.02. The topological polar surface area (TPSA) is 75.4 Å². The third kappa shape index (κ3) is 5.85. The monoisotopic (exact) mass is 264 g/mol. The van der Waals surface area contributed by atoms with Crippen LogP contribution >= 0.6 is 0 Å². The smallest absolute Gasteiger partial charge is 0.227 e. The molecular formula is C15H24N2O2. The van der Waals surface area contributed by atoms with Crippen LogP contribution in [-0.2, 0) is 11.4 Å². The Kier molecular flexibility index (Phi) is 6.53. The first kappa shape index (κ1) is 15.7. The summed E-state index contributed by atoms with van der Waals surface area (Å²) in [6.45, 7) is 3.88. The summed E-state index contributed by atoms with van der Waals surface area (Å²) in [6.07, 6.45) is 2.74. The number of nitrogens with one attached hydrogen (secondary N) is 1. The quantitative estimate of drug-likeness (QED) is 0.707. The number of carbonyl (C=O) groups excluding carboxylic acids is 1. The van der Waals surface area contributed by atoms with E-state index in [4.69, 9.17) is 10.8 Å². The molecule has 106 valence electrons. The third-order valence-corrected chi connectivity index (χ3v) is 3.12. The summed E-state index contributed by atoms with van der Waals surface area (Å²) in [4.78, 5) is 12.0. The van der Waals surface area contributed by atoms with Gasteiger partial charge in [-0.2, -0.15) is 0 Å². The molecule has 0 heterocycles. The van der Waals surface area contributed by atoms with Crippen LogP contribution in [0.2, 0.25) is 0 Å². The summed E-state index contributed by atoms with van der Waals surface area (Å²) in [7, 11) is 0. The SMILES string of the molecule is CC(N)CCCC(C)C(=O)Nc1cccc(CO)c1. The molecule has 2 atom stereocenters. The van der Waals surface area contributed by atoms with Crippen LogP contribution in [0.5, 0.6) is 0 Å². The fourth-order valence-electron chi connectivity index (χ4n) is 1.89. The Balaban J connectivity index is 2.44. The molecule has 0 aromatic heterocycles. The van der Waals surface area contributed by atoms with Gasteiger partial charge in [0.1, 0.15) is 0 Å². The molecule has 19 heavy (non-hydrogen) atoms. The molecule has 0 spiro atoms. The molecule has 0 radical (unpaired) electrons. The Morgan fingerprint density at radius 3 is 2.74 bits per heavy atom. The number of rotatable bonds is 7. The van der Waals surface area contributed by atoms with E-state index in [2.05, 4.69) is 5.32 Å². The van der Waals surface area contributed by atoms with Gasteiger partial charge in [0.25, 0.3) is 0 Å². The number of benzene rings is 1. The van der Waals surface area contributed by atoms with Crippen molar-refractivity contribution in [1.82, 2.24) is 0 Å².